The van der Waals surface area contributed by atoms with Gasteiger partial charge in [-0.25, -0.2) is 0 Å². The van der Waals surface area contributed by atoms with Crippen LogP contribution in [-0.4, -0.2) is 0 Å². The molecule has 0 nitrogen and oxygen atoms in total. The van der Waals surface area contributed by atoms with Crippen molar-refractivity contribution < 1.29 is 0 Å². The van der Waals surface area contributed by atoms with Crippen molar-refractivity contribution in [3.63, 3.8) is 0 Å². The van der Waals surface area contributed by atoms with E-state index in [0.29, 0.717) is 0 Å². The zero-order valence-electron chi connectivity index (χ0n) is 22.1. The van der Waals surface area contributed by atoms with Crippen LogP contribution in [0.3, 0.4) is 0 Å². The molecule has 1 aliphatic rings. The van der Waals surface area contributed by atoms with Crippen LogP contribution in [0.5, 0.6) is 0 Å². The van der Waals surface area contributed by atoms with Gasteiger partial charge in [0.05, 0.1) is 0 Å². The highest BCUT2D eigenvalue weighted by atomic mass is 14.4. The van der Waals surface area contributed by atoms with Crippen molar-refractivity contribution in [2.45, 2.75) is 26.2 Å². The smallest absolute Gasteiger partial charge is 0.0159 e. The van der Waals surface area contributed by atoms with Gasteiger partial charge in [-0.2, -0.15) is 0 Å². The molecule has 0 radical (unpaired) electrons. The predicted molar refractivity (Wildman–Crippen MR) is 165 cm³/mol. The van der Waals surface area contributed by atoms with E-state index in [0.717, 1.165) is 0 Å². The van der Waals surface area contributed by atoms with Gasteiger partial charge in [0.15, 0.2) is 0 Å². The predicted octanol–water partition coefficient (Wildman–Crippen LogP) is 10.4. The summed E-state index contributed by atoms with van der Waals surface area (Å²) in [5, 5.41) is 5.19. The highest BCUT2D eigenvalue weighted by Gasteiger charge is 2.36. The van der Waals surface area contributed by atoms with E-state index < -0.39 is 0 Å². The molecule has 6 aromatic carbocycles. The second kappa shape index (κ2) is 8.57. The van der Waals surface area contributed by atoms with Crippen molar-refractivity contribution in [2.75, 3.05) is 0 Å². The largest absolute Gasteiger partial charge is 0.0622 e. The molecule has 0 saturated carbocycles. The van der Waals surface area contributed by atoms with E-state index in [1.54, 1.807) is 0 Å². The molecule has 0 aromatic heterocycles. The fraction of sp³-hybridized carbons (Fsp3) is 0.105. The lowest BCUT2D eigenvalue weighted by molar-refractivity contribution is 0.660. The number of hydrogen-bond donors (Lipinski definition) is 0. The summed E-state index contributed by atoms with van der Waals surface area (Å²) in [5.74, 6) is 0. The van der Waals surface area contributed by atoms with Crippen LogP contribution in [0.25, 0.3) is 56.0 Å². The lowest BCUT2D eigenvalue weighted by Gasteiger charge is -2.22. The minimum absolute atomic E-state index is 0.0260. The second-order valence-electron chi connectivity index (χ2n) is 11.0. The second-order valence-corrected chi connectivity index (χ2v) is 11.0. The van der Waals surface area contributed by atoms with Crippen LogP contribution < -0.4 is 0 Å². The van der Waals surface area contributed by atoms with E-state index in [-0.39, 0.29) is 5.41 Å². The van der Waals surface area contributed by atoms with Crippen LogP contribution in [0, 0.1) is 6.92 Å². The molecule has 0 aliphatic heterocycles. The van der Waals surface area contributed by atoms with Crippen molar-refractivity contribution in [2.24, 2.45) is 0 Å². The Morgan fingerprint density at radius 1 is 0.500 bits per heavy atom. The van der Waals surface area contributed by atoms with Crippen LogP contribution in [-0.2, 0) is 5.41 Å². The first-order valence-electron chi connectivity index (χ1n) is 13.5. The van der Waals surface area contributed by atoms with Gasteiger partial charge in [-0.15, -0.1) is 0 Å². The topological polar surface area (TPSA) is 0 Å². The Bertz CT molecular complexity index is 1880. The highest BCUT2D eigenvalue weighted by molar-refractivity contribution is 6.20. The molecule has 0 saturated heterocycles. The molecule has 1 aliphatic carbocycles. The van der Waals surface area contributed by atoms with Crippen molar-refractivity contribution in [1.82, 2.24) is 0 Å². The molecule has 0 heterocycles. The monoisotopic (exact) mass is 486 g/mol. The average molecular weight is 487 g/mol. The molecule has 0 bridgehead atoms. The summed E-state index contributed by atoms with van der Waals surface area (Å²) in [6.45, 7) is 6.92. The molecule has 0 N–H and O–H groups in total. The maximum atomic E-state index is 2.38. The number of hydrogen-bond acceptors (Lipinski definition) is 0. The van der Waals surface area contributed by atoms with Gasteiger partial charge in [0.2, 0.25) is 0 Å². The Balaban J connectivity index is 1.60. The summed E-state index contributed by atoms with van der Waals surface area (Å²) in [5.41, 5.74) is 12.0. The maximum absolute atomic E-state index is 2.38. The van der Waals surface area contributed by atoms with Crippen molar-refractivity contribution in [1.29, 1.82) is 0 Å². The Labute approximate surface area is 224 Å². The fourth-order valence-corrected chi connectivity index (χ4v) is 6.50. The summed E-state index contributed by atoms with van der Waals surface area (Å²) in [4.78, 5) is 0. The number of rotatable bonds is 3. The first kappa shape index (κ1) is 22.8. The molecular formula is C38H30. The Kier molecular flexibility index (Phi) is 5.13. The Morgan fingerprint density at radius 2 is 1.16 bits per heavy atom. The molecular weight excluding hydrogens is 456 g/mol. The van der Waals surface area contributed by atoms with Gasteiger partial charge in [-0.05, 0) is 73.0 Å². The molecule has 0 fully saturated rings. The molecule has 0 amide bonds. The molecule has 0 unspecified atom stereocenters. The zero-order valence-corrected chi connectivity index (χ0v) is 22.1. The van der Waals surface area contributed by atoms with E-state index in [1.807, 2.05) is 0 Å². The first-order valence-corrected chi connectivity index (χ1v) is 13.5. The fourth-order valence-electron chi connectivity index (χ4n) is 6.50. The molecule has 0 spiro atoms. The van der Waals surface area contributed by atoms with Crippen LogP contribution in [0.15, 0.2) is 115 Å². The lowest BCUT2D eigenvalue weighted by atomic mass is 9.81. The number of aryl methyl sites for hydroxylation is 1. The Hall–Kier alpha value is -4.42. The lowest BCUT2D eigenvalue weighted by Crippen LogP contribution is -2.14. The van der Waals surface area contributed by atoms with Gasteiger partial charge in [-0.1, -0.05) is 147 Å². The van der Waals surface area contributed by atoms with Gasteiger partial charge < -0.3 is 0 Å². The Morgan fingerprint density at radius 3 is 2.00 bits per heavy atom. The quantitative estimate of drug-likeness (QED) is 0.172. The van der Waals surface area contributed by atoms with Crippen LogP contribution in [0.1, 0.15) is 41.7 Å². The van der Waals surface area contributed by atoms with E-state index in [4.69, 9.17) is 0 Å². The van der Waals surface area contributed by atoms with E-state index in [1.165, 1.54) is 71.6 Å². The van der Waals surface area contributed by atoms with Crippen molar-refractivity contribution >= 4 is 33.7 Å². The third-order valence-electron chi connectivity index (χ3n) is 8.34. The molecule has 6 aromatic rings. The summed E-state index contributed by atoms with van der Waals surface area (Å²) in [6.07, 6.45) is 4.53. The molecule has 38 heavy (non-hydrogen) atoms. The van der Waals surface area contributed by atoms with E-state index in [9.17, 15) is 0 Å². The van der Waals surface area contributed by atoms with Crippen LogP contribution in [0.2, 0.25) is 0 Å². The third-order valence-corrected chi connectivity index (χ3v) is 8.34. The summed E-state index contributed by atoms with van der Waals surface area (Å²) in [7, 11) is 0. The average Bonchev–Trinajstić information content (AvgIpc) is 3.18. The molecule has 0 heteroatoms. The summed E-state index contributed by atoms with van der Waals surface area (Å²) in [6, 6.07) is 42.3. The van der Waals surface area contributed by atoms with Crippen LogP contribution >= 0.6 is 0 Å². The maximum Gasteiger partial charge on any atom is 0.0159 e. The van der Waals surface area contributed by atoms with E-state index in [2.05, 4.69) is 148 Å². The minimum atomic E-state index is -0.0260. The van der Waals surface area contributed by atoms with Crippen molar-refractivity contribution in [3.8, 4) is 22.3 Å². The van der Waals surface area contributed by atoms with Gasteiger partial charge in [0, 0.05) is 5.41 Å². The minimum Gasteiger partial charge on any atom is -0.0622 e. The standard InChI is InChI=1S/C38H30/c1-25-20-22-29-28(23-21-26-12-5-4-6-13-26)27-14-7-8-15-30(27)36(33(29)24-25)32-17-11-19-35-37(32)31-16-9-10-18-34(31)38(35,2)3/h4-24H,1-3H3. The number of benzene rings is 6. The van der Waals surface area contributed by atoms with Gasteiger partial charge >= 0.3 is 0 Å². The van der Waals surface area contributed by atoms with E-state index >= 15 is 0 Å². The van der Waals surface area contributed by atoms with Gasteiger partial charge in [0.25, 0.3) is 0 Å². The first-order chi connectivity index (χ1) is 18.5. The van der Waals surface area contributed by atoms with Crippen LogP contribution in [0.4, 0.5) is 0 Å². The normalized spacial score (nSPS) is 13.8. The SMILES string of the molecule is Cc1ccc2c(C=Cc3ccccc3)c3ccccc3c(-c3cccc4c3-c3ccccc3C4(C)C)c2c1. The highest BCUT2D eigenvalue weighted by Crippen LogP contribution is 2.53. The summed E-state index contributed by atoms with van der Waals surface area (Å²) < 4.78 is 0. The summed E-state index contributed by atoms with van der Waals surface area (Å²) >= 11 is 0. The van der Waals surface area contributed by atoms with Gasteiger partial charge in [-0.3, -0.25) is 0 Å². The zero-order chi connectivity index (χ0) is 25.9. The van der Waals surface area contributed by atoms with Crippen molar-refractivity contribution in [3.05, 3.63) is 143 Å². The van der Waals surface area contributed by atoms with Gasteiger partial charge in [0.1, 0.15) is 0 Å². The molecule has 7 rings (SSSR count). The molecule has 0 atom stereocenters. The number of fused-ring (bicyclic) bond motifs is 5. The molecule has 182 valence electrons. The third kappa shape index (κ3) is 3.37.